The van der Waals surface area contributed by atoms with Crippen LogP contribution in [0.3, 0.4) is 0 Å². The first kappa shape index (κ1) is 22.1. The van der Waals surface area contributed by atoms with E-state index in [-0.39, 0.29) is 42.2 Å². The van der Waals surface area contributed by atoms with Crippen LogP contribution in [0.5, 0.6) is 11.5 Å². The number of hydrogen-bond acceptors (Lipinski definition) is 6. The van der Waals surface area contributed by atoms with Crippen molar-refractivity contribution in [1.82, 2.24) is 9.88 Å². The Hall–Kier alpha value is -2.75. The van der Waals surface area contributed by atoms with Gasteiger partial charge in [0.25, 0.3) is 0 Å². The van der Waals surface area contributed by atoms with Gasteiger partial charge in [-0.15, -0.1) is 11.3 Å². The number of carbonyl (C=O) groups excluding carboxylic acids is 2. The molecule has 33 heavy (non-hydrogen) atoms. The molecule has 1 aromatic heterocycles. The molecule has 1 aromatic carbocycles. The van der Waals surface area contributed by atoms with Gasteiger partial charge in [-0.3, -0.25) is 9.59 Å². The lowest BCUT2D eigenvalue weighted by atomic mass is 9.98. The van der Waals surface area contributed by atoms with Gasteiger partial charge in [-0.25, -0.2) is 4.98 Å². The molecule has 10 heteroatoms. The fraction of sp³-hybridized carbons (Fsp3) is 0.522. The Labute approximate surface area is 194 Å². The first-order chi connectivity index (χ1) is 15.9. The molecule has 2 heterocycles. The highest BCUT2D eigenvalue weighted by molar-refractivity contribution is 7.13. The lowest BCUT2D eigenvalue weighted by molar-refractivity contribution is -0.131. The van der Waals surface area contributed by atoms with Gasteiger partial charge in [0.2, 0.25) is 11.8 Å². The van der Waals surface area contributed by atoms with Gasteiger partial charge in [0.05, 0.1) is 18.8 Å². The Morgan fingerprint density at radius 3 is 2.76 bits per heavy atom. The number of halogens is 2. The predicted octanol–water partition coefficient (Wildman–Crippen LogP) is 4.37. The zero-order valence-electron chi connectivity index (χ0n) is 18.0. The van der Waals surface area contributed by atoms with Gasteiger partial charge in [0.1, 0.15) is 0 Å². The van der Waals surface area contributed by atoms with E-state index in [0.717, 1.165) is 36.9 Å². The summed E-state index contributed by atoms with van der Waals surface area (Å²) >= 11 is 1.39. The average Bonchev–Trinajstić information content (AvgIpc) is 3.70. The van der Waals surface area contributed by atoms with E-state index in [1.165, 1.54) is 22.3 Å². The van der Waals surface area contributed by atoms with Crippen molar-refractivity contribution in [1.29, 1.82) is 0 Å². The Kier molecular flexibility index (Phi) is 6.18. The van der Waals surface area contributed by atoms with E-state index in [2.05, 4.69) is 15.0 Å². The van der Waals surface area contributed by atoms with Crippen LogP contribution < -0.4 is 14.8 Å². The fourth-order valence-corrected chi connectivity index (χ4v) is 4.78. The Bertz CT molecular complexity index is 1040. The van der Waals surface area contributed by atoms with Crippen LogP contribution in [0.15, 0.2) is 23.6 Å². The average molecular weight is 478 g/mol. The molecule has 0 bridgehead atoms. The summed E-state index contributed by atoms with van der Waals surface area (Å²) < 4.78 is 35.9. The highest BCUT2D eigenvalue weighted by Gasteiger charge is 2.33. The second-order valence-corrected chi connectivity index (χ2v) is 9.77. The molecule has 2 saturated carbocycles. The molecule has 1 aliphatic heterocycles. The molecule has 1 unspecified atom stereocenters. The number of nitrogens with one attached hydrogen (secondary N) is 1. The van der Waals surface area contributed by atoms with Crippen LogP contribution in [-0.2, 0) is 9.59 Å². The number of benzene rings is 1. The van der Waals surface area contributed by atoms with Crippen molar-refractivity contribution in [2.24, 2.45) is 5.92 Å². The van der Waals surface area contributed by atoms with Crippen LogP contribution in [0.1, 0.15) is 55.2 Å². The number of thiazole rings is 1. The summed E-state index contributed by atoms with van der Waals surface area (Å²) in [5, 5.41) is 5.30. The SMILES string of the molecule is O=C(CN1CC(c2ccc(OC(F)F)c(OCC3CC3)c2)CC1=O)Nc1nc(C2CC2)cs1. The fourth-order valence-electron chi connectivity index (χ4n) is 3.97. The minimum atomic E-state index is -2.95. The Balaban J connectivity index is 1.21. The molecule has 0 spiro atoms. The molecule has 2 aromatic rings. The minimum absolute atomic E-state index is 0.0102. The van der Waals surface area contributed by atoms with Gasteiger partial charge >= 0.3 is 6.61 Å². The molecule has 1 atom stereocenters. The summed E-state index contributed by atoms with van der Waals surface area (Å²) in [4.78, 5) is 31.0. The zero-order valence-corrected chi connectivity index (χ0v) is 18.8. The molecule has 5 rings (SSSR count). The number of rotatable bonds is 10. The molecule has 3 fully saturated rings. The second-order valence-electron chi connectivity index (χ2n) is 8.91. The summed E-state index contributed by atoms with van der Waals surface area (Å²) in [5.41, 5.74) is 1.82. The van der Waals surface area contributed by atoms with Crippen molar-refractivity contribution < 1.29 is 27.8 Å². The normalized spacial score (nSPS) is 20.4. The third-order valence-corrected chi connectivity index (χ3v) is 6.92. The van der Waals surface area contributed by atoms with Crippen molar-refractivity contribution in [3.05, 3.63) is 34.8 Å². The van der Waals surface area contributed by atoms with E-state index in [1.807, 2.05) is 5.38 Å². The van der Waals surface area contributed by atoms with Crippen LogP contribution in [0.2, 0.25) is 0 Å². The van der Waals surface area contributed by atoms with Gasteiger partial charge in [0.15, 0.2) is 16.6 Å². The van der Waals surface area contributed by atoms with Gasteiger partial charge in [0, 0.05) is 30.2 Å². The van der Waals surface area contributed by atoms with Crippen LogP contribution in [0, 0.1) is 5.92 Å². The number of hydrogen-bond donors (Lipinski definition) is 1. The number of amides is 2. The highest BCUT2D eigenvalue weighted by atomic mass is 32.1. The van der Waals surface area contributed by atoms with E-state index in [1.54, 1.807) is 12.1 Å². The largest absolute Gasteiger partial charge is 0.489 e. The summed E-state index contributed by atoms with van der Waals surface area (Å²) in [5.74, 6) is 0.658. The predicted molar refractivity (Wildman–Crippen MR) is 118 cm³/mol. The van der Waals surface area contributed by atoms with Crippen molar-refractivity contribution in [2.75, 3.05) is 25.0 Å². The van der Waals surface area contributed by atoms with E-state index in [0.29, 0.717) is 30.1 Å². The van der Waals surface area contributed by atoms with Gasteiger partial charge < -0.3 is 19.7 Å². The Morgan fingerprint density at radius 2 is 2.03 bits per heavy atom. The molecule has 7 nitrogen and oxygen atoms in total. The number of likely N-dealkylation sites (tertiary alicyclic amines) is 1. The summed E-state index contributed by atoms with van der Waals surface area (Å²) in [7, 11) is 0. The van der Waals surface area contributed by atoms with Gasteiger partial charge in [-0.1, -0.05) is 6.07 Å². The minimum Gasteiger partial charge on any atom is -0.489 e. The molecular formula is C23H25F2N3O4S. The third kappa shape index (κ3) is 5.61. The van der Waals surface area contributed by atoms with Crippen LogP contribution >= 0.6 is 11.3 Å². The number of aromatic nitrogens is 1. The number of ether oxygens (including phenoxy) is 2. The molecular weight excluding hydrogens is 452 g/mol. The maximum absolute atomic E-state index is 12.8. The van der Waals surface area contributed by atoms with E-state index < -0.39 is 6.61 Å². The molecule has 3 aliphatic rings. The number of alkyl halides is 2. The van der Waals surface area contributed by atoms with E-state index >= 15 is 0 Å². The Morgan fingerprint density at radius 1 is 1.21 bits per heavy atom. The van der Waals surface area contributed by atoms with Gasteiger partial charge in [-0.2, -0.15) is 8.78 Å². The molecule has 0 radical (unpaired) electrons. The maximum Gasteiger partial charge on any atom is 0.387 e. The van der Waals surface area contributed by atoms with Crippen LogP contribution in [0.4, 0.5) is 13.9 Å². The molecule has 2 amide bonds. The lowest BCUT2D eigenvalue weighted by Crippen LogP contribution is -2.34. The smallest absolute Gasteiger partial charge is 0.387 e. The van der Waals surface area contributed by atoms with Crippen molar-refractivity contribution in [3.63, 3.8) is 0 Å². The van der Waals surface area contributed by atoms with Crippen molar-refractivity contribution in [2.45, 2.75) is 50.6 Å². The molecule has 1 N–H and O–H groups in total. The first-order valence-electron chi connectivity index (χ1n) is 11.2. The number of nitrogens with zero attached hydrogens (tertiary/aromatic N) is 2. The molecule has 176 valence electrons. The number of anilines is 1. The maximum atomic E-state index is 12.8. The highest BCUT2D eigenvalue weighted by Crippen LogP contribution is 2.41. The summed E-state index contributed by atoms with van der Waals surface area (Å²) in [6.45, 7) is -2.17. The third-order valence-electron chi connectivity index (χ3n) is 6.14. The van der Waals surface area contributed by atoms with Crippen LogP contribution in [0.25, 0.3) is 0 Å². The van der Waals surface area contributed by atoms with Crippen molar-refractivity contribution in [3.8, 4) is 11.5 Å². The van der Waals surface area contributed by atoms with E-state index in [4.69, 9.17) is 4.74 Å². The first-order valence-corrected chi connectivity index (χ1v) is 12.1. The topological polar surface area (TPSA) is 80.8 Å². The number of carbonyl (C=O) groups is 2. The van der Waals surface area contributed by atoms with Crippen LogP contribution in [-0.4, -0.2) is 48.0 Å². The monoisotopic (exact) mass is 477 g/mol. The molecule has 2 aliphatic carbocycles. The zero-order chi connectivity index (χ0) is 22.9. The van der Waals surface area contributed by atoms with E-state index in [9.17, 15) is 18.4 Å². The standard InChI is InChI=1S/C23H25F2N3O4S/c24-22(25)32-18-6-5-15(7-19(18)31-11-13-1-2-13)16-8-21(30)28(9-16)10-20(29)27-23-26-17(12-33-23)14-3-4-14/h5-7,12-14,16,22H,1-4,8-11H2,(H,26,27,29). The second kappa shape index (κ2) is 9.24. The summed E-state index contributed by atoms with van der Waals surface area (Å²) in [6.07, 6.45) is 4.67. The summed E-state index contributed by atoms with van der Waals surface area (Å²) in [6, 6.07) is 4.82. The van der Waals surface area contributed by atoms with Crippen molar-refractivity contribution >= 4 is 28.3 Å². The quantitative estimate of drug-likeness (QED) is 0.550. The van der Waals surface area contributed by atoms with Gasteiger partial charge in [-0.05, 0) is 49.3 Å². The lowest BCUT2D eigenvalue weighted by Gasteiger charge is -2.17. The molecule has 1 saturated heterocycles.